The van der Waals surface area contributed by atoms with Gasteiger partial charge in [-0.1, -0.05) is 18.2 Å². The van der Waals surface area contributed by atoms with Crippen molar-refractivity contribution < 1.29 is 23.0 Å². The van der Waals surface area contributed by atoms with Crippen LogP contribution in [0.4, 0.5) is 14.5 Å². The van der Waals surface area contributed by atoms with Crippen molar-refractivity contribution >= 4 is 23.4 Å². The van der Waals surface area contributed by atoms with Crippen molar-refractivity contribution in [2.24, 2.45) is 5.10 Å². The van der Waals surface area contributed by atoms with E-state index in [1.807, 2.05) is 0 Å². The van der Waals surface area contributed by atoms with Crippen LogP contribution < -0.4 is 14.5 Å². The monoisotopic (exact) mass is 434 g/mol. The molecule has 0 spiro atoms. The molecule has 1 aliphatic heterocycles. The number of amides is 1. The normalized spacial score (nSPS) is 14.6. The third kappa shape index (κ3) is 4.51. The lowest BCUT2D eigenvalue weighted by atomic mass is 10.1. The summed E-state index contributed by atoms with van der Waals surface area (Å²) in [5, 5.41) is 5.55. The molecule has 3 aromatic rings. The molecule has 5 nitrogen and oxygen atoms in total. The first-order chi connectivity index (χ1) is 15.4. The van der Waals surface area contributed by atoms with Gasteiger partial charge in [-0.3, -0.25) is 4.79 Å². The van der Waals surface area contributed by atoms with Gasteiger partial charge in [-0.15, -0.1) is 0 Å². The largest absolute Gasteiger partial charge is 0.493 e. The number of hydrogen-bond acceptors (Lipinski definition) is 4. The zero-order valence-electron chi connectivity index (χ0n) is 17.5. The Morgan fingerprint density at radius 3 is 2.25 bits per heavy atom. The minimum absolute atomic E-state index is 0.258. The van der Waals surface area contributed by atoms with E-state index < -0.39 is 0 Å². The van der Waals surface area contributed by atoms with Crippen LogP contribution in [0.1, 0.15) is 18.1 Å². The summed E-state index contributed by atoms with van der Waals surface area (Å²) in [6, 6.07) is 16.9. The van der Waals surface area contributed by atoms with Crippen LogP contribution in [0.2, 0.25) is 0 Å². The van der Waals surface area contributed by atoms with Gasteiger partial charge in [0.25, 0.3) is 5.91 Å². The second kappa shape index (κ2) is 9.01. The molecule has 0 saturated carbocycles. The highest BCUT2D eigenvalue weighted by Crippen LogP contribution is 2.31. The number of hydrogen-bond donors (Lipinski definition) is 0. The van der Waals surface area contributed by atoms with Gasteiger partial charge in [-0.05, 0) is 72.7 Å². The Hall–Kier alpha value is -4.00. The van der Waals surface area contributed by atoms with Crippen molar-refractivity contribution in [1.82, 2.24) is 0 Å². The number of anilines is 1. The summed E-state index contributed by atoms with van der Waals surface area (Å²) in [4.78, 5) is 12.9. The van der Waals surface area contributed by atoms with Crippen LogP contribution in [0, 0.1) is 11.6 Å². The van der Waals surface area contributed by atoms with Crippen LogP contribution >= 0.6 is 0 Å². The number of nitrogens with zero attached hydrogens (tertiary/aromatic N) is 2. The number of carbonyl (C=O) groups excluding carboxylic acids is 1. The van der Waals surface area contributed by atoms with E-state index in [2.05, 4.69) is 5.10 Å². The van der Waals surface area contributed by atoms with Crippen molar-refractivity contribution in [3.8, 4) is 11.5 Å². The van der Waals surface area contributed by atoms with Gasteiger partial charge in [0.15, 0.2) is 11.5 Å². The summed E-state index contributed by atoms with van der Waals surface area (Å²) in [5.74, 6) is 0.0318. The summed E-state index contributed by atoms with van der Waals surface area (Å²) < 4.78 is 37.5. The first kappa shape index (κ1) is 21.2. The number of carbonyl (C=O) groups is 1. The molecule has 1 heterocycles. The molecule has 0 unspecified atom stereocenters. The molecule has 3 aromatic carbocycles. The van der Waals surface area contributed by atoms with Crippen LogP contribution in [0.5, 0.6) is 11.5 Å². The van der Waals surface area contributed by atoms with Crippen LogP contribution in [-0.2, 0) is 11.4 Å². The molecule has 7 heteroatoms. The van der Waals surface area contributed by atoms with Crippen molar-refractivity contribution in [2.75, 3.05) is 12.1 Å². The third-order valence-corrected chi connectivity index (χ3v) is 4.94. The first-order valence-corrected chi connectivity index (χ1v) is 9.87. The van der Waals surface area contributed by atoms with E-state index in [1.165, 1.54) is 48.5 Å². The molecule has 1 amide bonds. The molecule has 162 valence electrons. The maximum absolute atomic E-state index is 13.2. The maximum Gasteiger partial charge on any atom is 0.280 e. The quantitative estimate of drug-likeness (QED) is 0.491. The molecule has 0 N–H and O–H groups in total. The van der Waals surface area contributed by atoms with Crippen LogP contribution in [0.25, 0.3) is 6.08 Å². The van der Waals surface area contributed by atoms with E-state index in [0.29, 0.717) is 28.5 Å². The van der Waals surface area contributed by atoms with Crippen molar-refractivity contribution in [3.05, 3.63) is 95.1 Å². The lowest BCUT2D eigenvalue weighted by Gasteiger charge is -2.12. The molecule has 0 aliphatic carbocycles. The molecular weight excluding hydrogens is 414 g/mol. The van der Waals surface area contributed by atoms with E-state index in [4.69, 9.17) is 9.47 Å². The highest BCUT2D eigenvalue weighted by Gasteiger charge is 2.28. The SMILES string of the molecule is COc1cc(/C=C2/C(=O)N(c3ccc(F)cc3)N=C2C)ccc1OCc1ccc(F)cc1. The zero-order valence-corrected chi connectivity index (χ0v) is 17.5. The van der Waals surface area contributed by atoms with Crippen molar-refractivity contribution in [1.29, 1.82) is 0 Å². The van der Waals surface area contributed by atoms with E-state index >= 15 is 0 Å². The second-order valence-corrected chi connectivity index (χ2v) is 7.16. The highest BCUT2D eigenvalue weighted by atomic mass is 19.1. The van der Waals surface area contributed by atoms with Gasteiger partial charge < -0.3 is 9.47 Å². The second-order valence-electron chi connectivity index (χ2n) is 7.16. The molecule has 1 aliphatic rings. The van der Waals surface area contributed by atoms with Crippen molar-refractivity contribution in [3.63, 3.8) is 0 Å². The van der Waals surface area contributed by atoms with E-state index in [0.717, 1.165) is 11.1 Å². The smallest absolute Gasteiger partial charge is 0.280 e. The minimum atomic E-state index is -0.384. The summed E-state index contributed by atoms with van der Waals surface area (Å²) >= 11 is 0. The Morgan fingerprint density at radius 2 is 1.59 bits per heavy atom. The van der Waals surface area contributed by atoms with Crippen LogP contribution in [0.3, 0.4) is 0 Å². The number of hydrazone groups is 1. The number of methoxy groups -OCH3 is 1. The Kier molecular flexibility index (Phi) is 5.98. The Morgan fingerprint density at radius 1 is 0.938 bits per heavy atom. The number of benzene rings is 3. The van der Waals surface area contributed by atoms with Gasteiger partial charge in [-0.25, -0.2) is 8.78 Å². The fourth-order valence-electron chi connectivity index (χ4n) is 3.24. The molecule has 0 bridgehead atoms. The highest BCUT2D eigenvalue weighted by molar-refractivity contribution is 6.32. The van der Waals surface area contributed by atoms with E-state index in [-0.39, 0.29) is 24.1 Å². The minimum Gasteiger partial charge on any atom is -0.493 e. The first-order valence-electron chi connectivity index (χ1n) is 9.87. The van der Waals surface area contributed by atoms with Crippen molar-refractivity contribution in [2.45, 2.75) is 13.5 Å². The lowest BCUT2D eigenvalue weighted by Crippen LogP contribution is -2.21. The predicted molar refractivity (Wildman–Crippen MR) is 119 cm³/mol. The number of halogens is 2. The lowest BCUT2D eigenvalue weighted by molar-refractivity contribution is -0.114. The molecule has 0 atom stereocenters. The average Bonchev–Trinajstić information content (AvgIpc) is 3.08. The average molecular weight is 434 g/mol. The number of ether oxygens (including phenoxy) is 2. The van der Waals surface area contributed by atoms with Gasteiger partial charge in [0.1, 0.15) is 18.2 Å². The number of rotatable bonds is 6. The van der Waals surface area contributed by atoms with Gasteiger partial charge in [0.05, 0.1) is 24.1 Å². The fraction of sp³-hybridized carbons (Fsp3) is 0.120. The molecule has 0 fully saturated rings. The summed E-state index contributed by atoms with van der Waals surface area (Å²) in [5.41, 5.74) is 3.02. The Labute approximate surface area is 184 Å². The van der Waals surface area contributed by atoms with Gasteiger partial charge in [0, 0.05) is 0 Å². The fourth-order valence-corrected chi connectivity index (χ4v) is 3.24. The van der Waals surface area contributed by atoms with Gasteiger partial charge >= 0.3 is 0 Å². The molecular formula is C25H20F2N2O3. The van der Waals surface area contributed by atoms with Gasteiger partial charge in [0.2, 0.25) is 0 Å². The third-order valence-electron chi connectivity index (χ3n) is 4.94. The standard InChI is InChI=1S/C25H20F2N2O3/c1-16-22(25(30)29(28-16)21-10-8-20(27)9-11-21)13-18-5-12-23(24(14-18)31-2)32-15-17-3-6-19(26)7-4-17/h3-14H,15H2,1-2H3/b22-13+. The Balaban J connectivity index is 1.53. The van der Waals surface area contributed by atoms with E-state index in [1.54, 1.807) is 43.3 Å². The molecule has 4 rings (SSSR count). The summed E-state index contributed by atoms with van der Waals surface area (Å²) in [6.45, 7) is 2.00. The summed E-state index contributed by atoms with van der Waals surface area (Å²) in [7, 11) is 1.53. The molecule has 0 saturated heterocycles. The zero-order chi connectivity index (χ0) is 22.7. The Bertz CT molecular complexity index is 1200. The molecule has 0 radical (unpaired) electrons. The van der Waals surface area contributed by atoms with Gasteiger partial charge in [-0.2, -0.15) is 10.1 Å². The van der Waals surface area contributed by atoms with Crippen LogP contribution in [-0.4, -0.2) is 18.7 Å². The predicted octanol–water partition coefficient (Wildman–Crippen LogP) is 5.36. The molecule has 32 heavy (non-hydrogen) atoms. The molecule has 0 aromatic heterocycles. The van der Waals surface area contributed by atoms with E-state index in [9.17, 15) is 13.6 Å². The van der Waals surface area contributed by atoms with Crippen LogP contribution in [0.15, 0.2) is 77.4 Å². The maximum atomic E-state index is 13.2. The summed E-state index contributed by atoms with van der Waals surface area (Å²) in [6.07, 6.45) is 1.72. The topological polar surface area (TPSA) is 51.1 Å².